The molecule has 0 aliphatic carbocycles. The van der Waals surface area contributed by atoms with Gasteiger partial charge < -0.3 is 4.84 Å². The predicted molar refractivity (Wildman–Crippen MR) is 65.0 cm³/mol. The number of benzene rings is 1. The predicted octanol–water partition coefficient (Wildman–Crippen LogP) is 1.84. The number of hydrogen-bond acceptors (Lipinski definition) is 4. The van der Waals surface area contributed by atoms with Crippen molar-refractivity contribution in [2.45, 2.75) is 6.92 Å². The molecule has 1 rings (SSSR count). The van der Waals surface area contributed by atoms with E-state index in [0.717, 1.165) is 6.92 Å². The topological polar surface area (TPSA) is 79.2 Å². The minimum Gasteiger partial charge on any atom is -0.341 e. The molecule has 0 saturated carbocycles. The molecule has 0 fully saturated rings. The van der Waals surface area contributed by atoms with Gasteiger partial charge in [-0.3, -0.25) is 9.59 Å². The molecule has 0 aromatic heterocycles. The second-order valence-electron chi connectivity index (χ2n) is 3.25. The van der Waals surface area contributed by atoms with Crippen molar-refractivity contribution in [1.82, 2.24) is 5.48 Å². The SMILES string of the molecule is CC(=O)ONC(=O)C(C#N)=Cc1ccc(Cl)cc1. The highest BCUT2D eigenvalue weighted by molar-refractivity contribution is 6.30. The van der Waals surface area contributed by atoms with Gasteiger partial charge in [0.15, 0.2) is 0 Å². The van der Waals surface area contributed by atoms with Gasteiger partial charge in [-0.25, -0.2) is 0 Å². The summed E-state index contributed by atoms with van der Waals surface area (Å²) in [5.74, 6) is -1.46. The monoisotopic (exact) mass is 264 g/mol. The van der Waals surface area contributed by atoms with Crippen molar-refractivity contribution < 1.29 is 14.4 Å². The summed E-state index contributed by atoms with van der Waals surface area (Å²) >= 11 is 5.71. The van der Waals surface area contributed by atoms with Crippen LogP contribution in [0.25, 0.3) is 6.08 Å². The van der Waals surface area contributed by atoms with Gasteiger partial charge in [-0.05, 0) is 23.8 Å². The summed E-state index contributed by atoms with van der Waals surface area (Å²) < 4.78 is 0. The average molecular weight is 265 g/mol. The summed E-state index contributed by atoms with van der Waals surface area (Å²) in [7, 11) is 0. The van der Waals surface area contributed by atoms with E-state index in [9.17, 15) is 9.59 Å². The van der Waals surface area contributed by atoms with Gasteiger partial charge in [0.2, 0.25) is 0 Å². The summed E-state index contributed by atoms with van der Waals surface area (Å²) in [5, 5.41) is 9.38. The normalized spacial score (nSPS) is 10.4. The Morgan fingerprint density at radius 2 is 2.00 bits per heavy atom. The fourth-order valence-corrected chi connectivity index (χ4v) is 1.17. The fourth-order valence-electron chi connectivity index (χ4n) is 1.05. The molecule has 5 nitrogen and oxygen atoms in total. The molecule has 1 aromatic carbocycles. The standard InChI is InChI=1S/C12H9ClN2O3/c1-8(16)18-15-12(17)10(7-14)6-9-2-4-11(13)5-3-9/h2-6H,1H3,(H,15,17). The number of halogens is 1. The zero-order valence-electron chi connectivity index (χ0n) is 9.44. The molecule has 0 atom stereocenters. The van der Waals surface area contributed by atoms with Crippen LogP contribution in [-0.4, -0.2) is 11.9 Å². The first-order valence-electron chi connectivity index (χ1n) is 4.88. The lowest BCUT2D eigenvalue weighted by Gasteiger charge is -2.02. The number of nitriles is 1. The minimum absolute atomic E-state index is 0.182. The lowest BCUT2D eigenvalue weighted by molar-refractivity contribution is -0.154. The maximum atomic E-state index is 11.4. The third-order valence-electron chi connectivity index (χ3n) is 1.83. The summed E-state index contributed by atoms with van der Waals surface area (Å²) in [6.45, 7) is 1.13. The van der Waals surface area contributed by atoms with Gasteiger partial charge in [-0.15, -0.1) is 0 Å². The molecule has 0 radical (unpaired) electrons. The highest BCUT2D eigenvalue weighted by atomic mass is 35.5. The molecule has 0 aliphatic heterocycles. The first-order valence-corrected chi connectivity index (χ1v) is 5.26. The Morgan fingerprint density at radius 3 is 2.50 bits per heavy atom. The first kappa shape index (κ1) is 13.7. The van der Waals surface area contributed by atoms with Crippen molar-refractivity contribution >= 4 is 29.6 Å². The van der Waals surface area contributed by atoms with Crippen molar-refractivity contribution in [3.8, 4) is 6.07 Å². The number of hydrogen-bond donors (Lipinski definition) is 1. The second kappa shape index (κ2) is 6.42. The molecular weight excluding hydrogens is 256 g/mol. The minimum atomic E-state index is -0.789. The second-order valence-corrected chi connectivity index (χ2v) is 3.68. The Balaban J connectivity index is 2.83. The molecule has 1 aromatic rings. The number of nitrogens with one attached hydrogen (secondary N) is 1. The molecular formula is C12H9ClN2O3. The van der Waals surface area contributed by atoms with Gasteiger partial charge in [0.05, 0.1) is 0 Å². The van der Waals surface area contributed by atoms with Crippen molar-refractivity contribution in [3.05, 3.63) is 40.4 Å². The summed E-state index contributed by atoms with van der Waals surface area (Å²) in [6.07, 6.45) is 1.36. The highest BCUT2D eigenvalue weighted by Gasteiger charge is 2.10. The number of nitrogens with zero attached hydrogens (tertiary/aromatic N) is 1. The van der Waals surface area contributed by atoms with E-state index in [0.29, 0.717) is 10.6 Å². The van der Waals surface area contributed by atoms with Crippen LogP contribution >= 0.6 is 11.6 Å². The molecule has 18 heavy (non-hydrogen) atoms. The maximum Gasteiger partial charge on any atom is 0.329 e. The quantitative estimate of drug-likeness (QED) is 0.502. The van der Waals surface area contributed by atoms with Crippen LogP contribution < -0.4 is 5.48 Å². The lowest BCUT2D eigenvalue weighted by Crippen LogP contribution is -2.26. The zero-order valence-corrected chi connectivity index (χ0v) is 10.2. The Hall–Kier alpha value is -2.32. The summed E-state index contributed by atoms with van der Waals surface area (Å²) in [5.41, 5.74) is 2.31. The molecule has 6 heteroatoms. The molecule has 92 valence electrons. The largest absolute Gasteiger partial charge is 0.341 e. The van der Waals surface area contributed by atoms with E-state index in [-0.39, 0.29) is 5.57 Å². The van der Waals surface area contributed by atoms with E-state index in [4.69, 9.17) is 16.9 Å². The van der Waals surface area contributed by atoms with Gasteiger partial charge in [0.25, 0.3) is 5.91 Å². The van der Waals surface area contributed by atoms with E-state index < -0.39 is 11.9 Å². The number of carbonyl (C=O) groups is 2. The first-order chi connectivity index (χ1) is 8.52. The van der Waals surface area contributed by atoms with E-state index in [1.807, 2.05) is 5.48 Å². The van der Waals surface area contributed by atoms with Crippen molar-refractivity contribution in [2.75, 3.05) is 0 Å². The summed E-state index contributed by atoms with van der Waals surface area (Å²) in [4.78, 5) is 26.2. The van der Waals surface area contributed by atoms with E-state index in [1.54, 1.807) is 30.3 Å². The van der Waals surface area contributed by atoms with E-state index >= 15 is 0 Å². The maximum absolute atomic E-state index is 11.4. The van der Waals surface area contributed by atoms with Crippen molar-refractivity contribution in [2.24, 2.45) is 0 Å². The summed E-state index contributed by atoms with van der Waals surface area (Å²) in [6, 6.07) is 8.28. The van der Waals surface area contributed by atoms with E-state index in [2.05, 4.69) is 4.84 Å². The number of amides is 1. The molecule has 1 amide bonds. The third-order valence-corrected chi connectivity index (χ3v) is 2.09. The number of hydroxylamine groups is 1. The van der Waals surface area contributed by atoms with Crippen LogP contribution in [0.5, 0.6) is 0 Å². The van der Waals surface area contributed by atoms with Gasteiger partial charge in [-0.1, -0.05) is 23.7 Å². The molecule has 0 heterocycles. The van der Waals surface area contributed by atoms with Gasteiger partial charge in [0.1, 0.15) is 11.6 Å². The Kier molecular flexibility index (Phi) is 4.90. The van der Waals surface area contributed by atoms with Crippen LogP contribution in [0, 0.1) is 11.3 Å². The lowest BCUT2D eigenvalue weighted by atomic mass is 10.1. The van der Waals surface area contributed by atoms with Crippen molar-refractivity contribution in [1.29, 1.82) is 5.26 Å². The molecule has 0 saturated heterocycles. The van der Waals surface area contributed by atoms with Crippen molar-refractivity contribution in [3.63, 3.8) is 0 Å². The molecule has 0 bridgehead atoms. The van der Waals surface area contributed by atoms with Gasteiger partial charge in [0, 0.05) is 11.9 Å². The Morgan fingerprint density at radius 1 is 1.39 bits per heavy atom. The number of rotatable bonds is 2. The van der Waals surface area contributed by atoms with Crippen LogP contribution in [0.4, 0.5) is 0 Å². The van der Waals surface area contributed by atoms with Crippen LogP contribution in [0.1, 0.15) is 12.5 Å². The highest BCUT2D eigenvalue weighted by Crippen LogP contribution is 2.12. The molecule has 0 unspecified atom stereocenters. The third kappa shape index (κ3) is 4.28. The van der Waals surface area contributed by atoms with Crippen LogP contribution in [-0.2, 0) is 14.4 Å². The average Bonchev–Trinajstić information content (AvgIpc) is 2.35. The zero-order chi connectivity index (χ0) is 13.5. The van der Waals surface area contributed by atoms with Gasteiger partial charge in [-0.2, -0.15) is 10.7 Å². The van der Waals surface area contributed by atoms with Crippen LogP contribution in [0.3, 0.4) is 0 Å². The molecule has 0 aliphatic rings. The smallest absolute Gasteiger partial charge is 0.329 e. The molecule has 0 spiro atoms. The number of carbonyl (C=O) groups excluding carboxylic acids is 2. The van der Waals surface area contributed by atoms with Crippen LogP contribution in [0.15, 0.2) is 29.8 Å². The van der Waals surface area contributed by atoms with E-state index in [1.165, 1.54) is 6.08 Å². The Bertz CT molecular complexity index is 529. The fraction of sp³-hybridized carbons (Fsp3) is 0.0833. The van der Waals surface area contributed by atoms with Gasteiger partial charge >= 0.3 is 5.97 Å². The Labute approximate surface area is 109 Å². The van der Waals surface area contributed by atoms with Crippen LogP contribution in [0.2, 0.25) is 5.02 Å². The molecule has 1 N–H and O–H groups in total.